The van der Waals surface area contributed by atoms with E-state index in [9.17, 15) is 18.0 Å². The normalized spacial score (nSPS) is 15.0. The lowest BCUT2D eigenvalue weighted by Gasteiger charge is -2.30. The zero-order chi connectivity index (χ0) is 22.6. The second-order valence-electron chi connectivity index (χ2n) is 7.90. The molecule has 0 heterocycles. The summed E-state index contributed by atoms with van der Waals surface area (Å²) in [5.74, 6) is -0.617. The summed E-state index contributed by atoms with van der Waals surface area (Å²) in [4.78, 5) is 24.7. The van der Waals surface area contributed by atoms with Crippen LogP contribution in [0.25, 0.3) is 0 Å². The quantitative estimate of drug-likeness (QED) is 0.714. The van der Waals surface area contributed by atoms with E-state index in [0.717, 1.165) is 37.7 Å². The summed E-state index contributed by atoms with van der Waals surface area (Å²) >= 11 is 0. The number of nitrogens with zero attached hydrogens (tertiary/aromatic N) is 1. The molecular weight excluding hydrogens is 414 g/mol. The van der Waals surface area contributed by atoms with E-state index < -0.39 is 10.0 Å². The van der Waals surface area contributed by atoms with Crippen LogP contribution in [0.3, 0.4) is 0 Å². The van der Waals surface area contributed by atoms with Crippen LogP contribution in [0.2, 0.25) is 0 Å². The summed E-state index contributed by atoms with van der Waals surface area (Å²) in [5, 5.41) is 5.35. The van der Waals surface area contributed by atoms with E-state index in [1.165, 1.54) is 28.6 Å². The van der Waals surface area contributed by atoms with E-state index in [2.05, 4.69) is 10.6 Å². The standard InChI is InChI=1S/C23H29N3O4S/c1-16-9-10-18(22(27)24-2)15-21(16)25-23(28)17-11-13-20(14-12-17)31(29,30)26(3)19-7-5-4-6-8-19/h9-15,19H,4-8H2,1-3H3,(H,24,27)(H,25,28). The van der Waals surface area contributed by atoms with Gasteiger partial charge < -0.3 is 10.6 Å². The fourth-order valence-corrected chi connectivity index (χ4v) is 5.24. The molecule has 2 aromatic rings. The second kappa shape index (κ2) is 9.62. The Labute approximate surface area is 183 Å². The molecule has 166 valence electrons. The first-order chi connectivity index (χ1) is 14.7. The van der Waals surface area contributed by atoms with Crippen molar-refractivity contribution >= 4 is 27.5 Å². The van der Waals surface area contributed by atoms with Crippen LogP contribution in [0.1, 0.15) is 58.4 Å². The van der Waals surface area contributed by atoms with E-state index in [4.69, 9.17) is 0 Å². The highest BCUT2D eigenvalue weighted by molar-refractivity contribution is 7.89. The number of carbonyl (C=O) groups is 2. The van der Waals surface area contributed by atoms with Crippen molar-refractivity contribution in [3.8, 4) is 0 Å². The molecule has 0 radical (unpaired) electrons. The molecule has 0 bridgehead atoms. The van der Waals surface area contributed by atoms with Gasteiger partial charge >= 0.3 is 0 Å². The Morgan fingerprint density at radius 3 is 2.16 bits per heavy atom. The molecule has 1 fully saturated rings. The van der Waals surface area contributed by atoms with Crippen LogP contribution in [0.4, 0.5) is 5.69 Å². The summed E-state index contributed by atoms with van der Waals surface area (Å²) in [6, 6.07) is 11.0. The first-order valence-electron chi connectivity index (χ1n) is 10.5. The third-order valence-electron chi connectivity index (χ3n) is 5.86. The lowest BCUT2D eigenvalue weighted by molar-refractivity contribution is 0.0961. The van der Waals surface area contributed by atoms with Gasteiger partial charge in [-0.2, -0.15) is 4.31 Å². The van der Waals surface area contributed by atoms with E-state index in [-0.39, 0.29) is 22.8 Å². The van der Waals surface area contributed by atoms with Crippen LogP contribution < -0.4 is 10.6 Å². The molecule has 8 heteroatoms. The molecule has 7 nitrogen and oxygen atoms in total. The highest BCUT2D eigenvalue weighted by atomic mass is 32.2. The molecule has 0 unspecified atom stereocenters. The van der Waals surface area contributed by atoms with Gasteiger partial charge in [0.25, 0.3) is 11.8 Å². The topological polar surface area (TPSA) is 95.6 Å². The monoisotopic (exact) mass is 443 g/mol. The molecular formula is C23H29N3O4S. The predicted molar refractivity (Wildman–Crippen MR) is 121 cm³/mol. The number of anilines is 1. The summed E-state index contributed by atoms with van der Waals surface area (Å²) in [6.07, 6.45) is 5.00. The van der Waals surface area contributed by atoms with Gasteiger partial charge in [0.05, 0.1) is 4.90 Å². The van der Waals surface area contributed by atoms with Gasteiger partial charge in [-0.25, -0.2) is 8.42 Å². The first kappa shape index (κ1) is 23.0. The highest BCUT2D eigenvalue weighted by Crippen LogP contribution is 2.27. The average Bonchev–Trinajstić information content (AvgIpc) is 2.80. The number of carbonyl (C=O) groups excluding carboxylic acids is 2. The maximum atomic E-state index is 13.0. The summed E-state index contributed by atoms with van der Waals surface area (Å²) < 4.78 is 27.4. The van der Waals surface area contributed by atoms with Gasteiger partial charge in [0, 0.05) is 37.0 Å². The van der Waals surface area contributed by atoms with Crippen molar-refractivity contribution in [2.45, 2.75) is 50.0 Å². The van der Waals surface area contributed by atoms with Crippen LogP contribution in [-0.4, -0.2) is 44.7 Å². The molecule has 1 aliphatic rings. The van der Waals surface area contributed by atoms with Crippen molar-refractivity contribution in [1.82, 2.24) is 9.62 Å². The van der Waals surface area contributed by atoms with Crippen molar-refractivity contribution in [1.29, 1.82) is 0 Å². The fourth-order valence-electron chi connectivity index (χ4n) is 3.82. The molecule has 2 N–H and O–H groups in total. The fraction of sp³-hybridized carbons (Fsp3) is 0.391. The number of nitrogens with one attached hydrogen (secondary N) is 2. The smallest absolute Gasteiger partial charge is 0.255 e. The number of benzene rings is 2. The Morgan fingerprint density at radius 2 is 1.55 bits per heavy atom. The largest absolute Gasteiger partial charge is 0.355 e. The molecule has 1 saturated carbocycles. The molecule has 31 heavy (non-hydrogen) atoms. The SMILES string of the molecule is CNC(=O)c1ccc(C)c(NC(=O)c2ccc(S(=O)(=O)N(C)C3CCCCC3)cc2)c1. The number of sulfonamides is 1. The Bertz CT molecular complexity index is 1060. The van der Waals surface area contributed by atoms with Gasteiger partial charge in [0.2, 0.25) is 10.0 Å². The van der Waals surface area contributed by atoms with Crippen molar-refractivity contribution in [3.63, 3.8) is 0 Å². The molecule has 0 atom stereocenters. The first-order valence-corrected chi connectivity index (χ1v) is 11.9. The third kappa shape index (κ3) is 5.14. The average molecular weight is 444 g/mol. The van der Waals surface area contributed by atoms with Crippen LogP contribution in [0.5, 0.6) is 0 Å². The zero-order valence-corrected chi connectivity index (χ0v) is 19.0. The summed E-state index contributed by atoms with van der Waals surface area (Å²) in [7, 11) is -0.431. The summed E-state index contributed by atoms with van der Waals surface area (Å²) in [5.41, 5.74) is 2.12. The van der Waals surface area contributed by atoms with Gasteiger partial charge in [-0.05, 0) is 61.7 Å². The molecule has 2 amide bonds. The molecule has 0 aromatic heterocycles. The minimum absolute atomic E-state index is 0.0253. The molecule has 3 rings (SSSR count). The Kier molecular flexibility index (Phi) is 7.12. The van der Waals surface area contributed by atoms with Gasteiger partial charge in [-0.1, -0.05) is 25.3 Å². The van der Waals surface area contributed by atoms with Gasteiger partial charge in [-0.3, -0.25) is 9.59 Å². The number of hydrogen-bond donors (Lipinski definition) is 2. The van der Waals surface area contributed by atoms with Crippen molar-refractivity contribution in [3.05, 3.63) is 59.2 Å². The van der Waals surface area contributed by atoms with Crippen LogP contribution >= 0.6 is 0 Å². The van der Waals surface area contributed by atoms with Crippen molar-refractivity contribution < 1.29 is 18.0 Å². The van der Waals surface area contributed by atoms with Crippen LogP contribution in [0, 0.1) is 6.92 Å². The highest BCUT2D eigenvalue weighted by Gasteiger charge is 2.29. The molecule has 0 aliphatic heterocycles. The van der Waals surface area contributed by atoms with E-state index >= 15 is 0 Å². The van der Waals surface area contributed by atoms with Gasteiger partial charge in [-0.15, -0.1) is 0 Å². The van der Waals surface area contributed by atoms with E-state index in [1.807, 2.05) is 6.92 Å². The number of hydrogen-bond acceptors (Lipinski definition) is 4. The molecule has 2 aromatic carbocycles. The minimum atomic E-state index is -3.61. The lowest BCUT2D eigenvalue weighted by Crippen LogP contribution is -2.38. The van der Waals surface area contributed by atoms with Gasteiger partial charge in [0.15, 0.2) is 0 Å². The molecule has 0 spiro atoms. The Morgan fingerprint density at radius 1 is 0.935 bits per heavy atom. The zero-order valence-electron chi connectivity index (χ0n) is 18.1. The lowest BCUT2D eigenvalue weighted by atomic mass is 9.96. The Hall–Kier alpha value is -2.71. The summed E-state index contributed by atoms with van der Waals surface area (Å²) in [6.45, 7) is 1.83. The molecule has 0 saturated heterocycles. The van der Waals surface area contributed by atoms with Crippen molar-refractivity contribution in [2.75, 3.05) is 19.4 Å². The second-order valence-corrected chi connectivity index (χ2v) is 9.90. The third-order valence-corrected chi connectivity index (χ3v) is 7.78. The van der Waals surface area contributed by atoms with E-state index in [1.54, 1.807) is 32.3 Å². The Balaban J connectivity index is 1.75. The van der Waals surface area contributed by atoms with Crippen LogP contribution in [-0.2, 0) is 10.0 Å². The van der Waals surface area contributed by atoms with Gasteiger partial charge in [0.1, 0.15) is 0 Å². The molecule has 1 aliphatic carbocycles. The maximum absolute atomic E-state index is 13.0. The minimum Gasteiger partial charge on any atom is -0.355 e. The number of aryl methyl sites for hydroxylation is 1. The number of amides is 2. The van der Waals surface area contributed by atoms with E-state index in [0.29, 0.717) is 16.8 Å². The van der Waals surface area contributed by atoms with Crippen LogP contribution in [0.15, 0.2) is 47.4 Å². The maximum Gasteiger partial charge on any atom is 0.255 e. The van der Waals surface area contributed by atoms with Crippen molar-refractivity contribution in [2.24, 2.45) is 0 Å². The predicted octanol–water partition coefficient (Wildman–Crippen LogP) is 3.56. The number of rotatable bonds is 6.